The quantitative estimate of drug-likeness (QED) is 0.131. The van der Waals surface area contributed by atoms with E-state index in [1.807, 2.05) is 24.5 Å². The van der Waals surface area contributed by atoms with Crippen LogP contribution in [0.4, 0.5) is 0 Å². The Hall–Kier alpha value is -3.40. The van der Waals surface area contributed by atoms with Crippen LogP contribution in [0.3, 0.4) is 0 Å². The van der Waals surface area contributed by atoms with Crippen molar-refractivity contribution < 1.29 is 23.3 Å². The summed E-state index contributed by atoms with van der Waals surface area (Å²) in [6.45, 7) is 7.35. The molecular formula is C40H36Cl2N2SiZr-4. The summed E-state index contributed by atoms with van der Waals surface area (Å²) in [5.41, 5.74) is 9.70. The molecule has 0 spiro atoms. The Morgan fingerprint density at radius 2 is 0.848 bits per heavy atom. The van der Waals surface area contributed by atoms with Crippen molar-refractivity contribution in [2.24, 2.45) is 0 Å². The molecule has 0 N–H and O–H groups in total. The molecule has 0 atom stereocenters. The fraction of sp³-hybridized carbons (Fsp3) is 0.0500. The Morgan fingerprint density at radius 3 is 1.26 bits per heavy atom. The summed E-state index contributed by atoms with van der Waals surface area (Å²) >= 11 is 1.36. The molecule has 2 radical (unpaired) electrons. The maximum atomic E-state index is 4.57. The molecule has 46 heavy (non-hydrogen) atoms. The molecule has 232 valence electrons. The second-order valence-corrected chi connectivity index (χ2v) is 10.4. The normalized spacial score (nSPS) is 9.85. The predicted octanol–water partition coefficient (Wildman–Crippen LogP) is 11.5. The third-order valence-corrected chi connectivity index (χ3v) is 7.64. The van der Waals surface area contributed by atoms with Crippen molar-refractivity contribution in [1.82, 2.24) is 9.97 Å². The standard InChI is InChI=1S/2C19H14N.2CH3.2ClH.Si.Zr/c2*1-13-11-15-6-3-8-16(18(15)12-13)17-9-2-5-14-7-4-10-20-19(14)17;;;;;;/h2*2-12H,1H3;2*1H3;2*1H;;/q4*-1;;;;. The zero-order chi connectivity index (χ0) is 29.1. The number of benzene rings is 4. The van der Waals surface area contributed by atoms with Crippen molar-refractivity contribution >= 4 is 75.0 Å². The molecule has 0 aliphatic heterocycles. The van der Waals surface area contributed by atoms with Gasteiger partial charge in [-0.2, -0.15) is 12.1 Å². The zero-order valence-electron chi connectivity index (χ0n) is 26.4. The van der Waals surface area contributed by atoms with E-state index in [-0.39, 0.29) is 39.7 Å². The van der Waals surface area contributed by atoms with Crippen LogP contribution in [0, 0.1) is 28.7 Å². The van der Waals surface area contributed by atoms with E-state index in [1.165, 1.54) is 89.0 Å². The van der Waals surface area contributed by atoms with Gasteiger partial charge in [0.15, 0.2) is 0 Å². The van der Waals surface area contributed by atoms with Crippen LogP contribution in [-0.4, -0.2) is 16.8 Å². The van der Waals surface area contributed by atoms with Gasteiger partial charge in [0, 0.05) is 23.2 Å². The van der Waals surface area contributed by atoms with Gasteiger partial charge in [-0.15, -0.1) is 93.9 Å². The molecule has 6 heteroatoms. The summed E-state index contributed by atoms with van der Waals surface area (Å²) in [7, 11) is 0. The molecule has 0 fully saturated rings. The molecule has 0 bridgehead atoms. The first-order valence-corrected chi connectivity index (χ1v) is 18.1. The fourth-order valence-corrected chi connectivity index (χ4v) is 5.88. The first-order chi connectivity index (χ1) is 20.7. The van der Waals surface area contributed by atoms with Crippen LogP contribution in [0.1, 0.15) is 11.1 Å². The van der Waals surface area contributed by atoms with E-state index in [1.54, 1.807) is 0 Å². The Kier molecular flexibility index (Phi) is 14.8. The average Bonchev–Trinajstić information content (AvgIpc) is 3.62. The number of hydrogen-bond acceptors (Lipinski definition) is 2. The van der Waals surface area contributed by atoms with Crippen LogP contribution in [0.15, 0.2) is 134 Å². The van der Waals surface area contributed by atoms with E-state index in [9.17, 15) is 0 Å². The third-order valence-electron chi connectivity index (χ3n) is 7.64. The van der Waals surface area contributed by atoms with E-state index in [0.29, 0.717) is 0 Å². The van der Waals surface area contributed by atoms with Crippen molar-refractivity contribution in [1.29, 1.82) is 0 Å². The summed E-state index contributed by atoms with van der Waals surface area (Å²) in [5, 5.41) is 7.59. The second kappa shape index (κ2) is 17.5. The third kappa shape index (κ3) is 7.76. The van der Waals surface area contributed by atoms with Gasteiger partial charge in [-0.1, -0.05) is 85.6 Å². The molecule has 0 saturated heterocycles. The first kappa shape index (κ1) is 38.8. The van der Waals surface area contributed by atoms with E-state index in [0.717, 1.165) is 11.0 Å². The summed E-state index contributed by atoms with van der Waals surface area (Å²) in [6.07, 6.45) is 3.73. The van der Waals surface area contributed by atoms with Crippen molar-refractivity contribution in [3.05, 3.63) is 160 Å². The Bertz CT molecular complexity index is 2020. The van der Waals surface area contributed by atoms with Gasteiger partial charge in [0.1, 0.15) is 0 Å². The molecule has 0 saturated carbocycles. The van der Waals surface area contributed by atoms with Gasteiger partial charge in [0.05, 0.1) is 11.0 Å². The molecule has 6 aromatic carbocycles. The minimum atomic E-state index is 0. The number of fused-ring (bicyclic) bond motifs is 4. The summed E-state index contributed by atoms with van der Waals surface area (Å²) in [6, 6.07) is 42.9. The average molecular weight is 735 g/mol. The maximum absolute atomic E-state index is 4.57. The predicted molar refractivity (Wildman–Crippen MR) is 203 cm³/mol. The first-order valence-electron chi connectivity index (χ1n) is 13.9. The van der Waals surface area contributed by atoms with Gasteiger partial charge >= 0.3 is 30.2 Å². The van der Waals surface area contributed by atoms with Crippen LogP contribution in [0.25, 0.3) is 65.6 Å². The van der Waals surface area contributed by atoms with E-state index < -0.39 is 0 Å². The van der Waals surface area contributed by atoms with Crippen molar-refractivity contribution in [3.8, 4) is 22.3 Å². The van der Waals surface area contributed by atoms with Crippen molar-refractivity contribution in [3.63, 3.8) is 0 Å². The number of para-hydroxylation sites is 2. The molecule has 0 unspecified atom stereocenters. The van der Waals surface area contributed by atoms with Gasteiger partial charge in [0.25, 0.3) is 0 Å². The molecule has 8 rings (SSSR count). The second-order valence-electron chi connectivity index (χ2n) is 10.4. The summed E-state index contributed by atoms with van der Waals surface area (Å²) in [5.74, 6) is 0. The van der Waals surface area contributed by atoms with E-state index >= 15 is 0 Å². The topological polar surface area (TPSA) is 25.8 Å². The fourth-order valence-electron chi connectivity index (χ4n) is 5.88. The van der Waals surface area contributed by atoms with E-state index in [2.05, 4.69) is 140 Å². The van der Waals surface area contributed by atoms with Crippen LogP contribution in [0.2, 0.25) is 0 Å². The molecule has 0 aliphatic rings. The number of aromatic nitrogens is 2. The van der Waals surface area contributed by atoms with Crippen LogP contribution in [-0.2, 0) is 23.3 Å². The van der Waals surface area contributed by atoms with Gasteiger partial charge in [-0.25, -0.2) is 0 Å². The molecule has 0 amide bonds. The number of rotatable bonds is 2. The molecule has 8 aromatic rings. The van der Waals surface area contributed by atoms with Gasteiger partial charge in [0.2, 0.25) is 0 Å². The summed E-state index contributed by atoms with van der Waals surface area (Å²) < 4.78 is 0. The van der Waals surface area contributed by atoms with Crippen LogP contribution in [0.5, 0.6) is 0 Å². The SMILES string of the molecule is Cc1cc2c(-c3cccc4cccnc34)cccc2[cH-]1.Cc1cc2c(-c3cccc4cccnc34)cccc2[cH-]1.Cl.Cl.[CH3-].[CH3-].[Si]=[Zr]. The van der Waals surface area contributed by atoms with E-state index in [4.69, 9.17) is 0 Å². The van der Waals surface area contributed by atoms with Gasteiger partial charge in [-0.3, -0.25) is 9.97 Å². The number of hydrogen-bond donors (Lipinski definition) is 0. The van der Waals surface area contributed by atoms with Crippen LogP contribution >= 0.6 is 24.8 Å². The molecule has 2 heterocycles. The Morgan fingerprint density at radius 1 is 0.500 bits per heavy atom. The van der Waals surface area contributed by atoms with Gasteiger partial charge in [-0.05, 0) is 23.3 Å². The molecule has 0 aliphatic carbocycles. The molecule has 2 nitrogen and oxygen atoms in total. The number of nitrogens with zero attached hydrogens (tertiary/aromatic N) is 2. The zero-order valence-corrected chi connectivity index (χ0v) is 31.5. The van der Waals surface area contributed by atoms with Crippen molar-refractivity contribution in [2.45, 2.75) is 13.8 Å². The van der Waals surface area contributed by atoms with Gasteiger partial charge < -0.3 is 14.9 Å². The number of pyridine rings is 2. The minimum absolute atomic E-state index is 0. The molecule has 2 aromatic heterocycles. The number of aryl methyl sites for hydroxylation is 2. The summed E-state index contributed by atoms with van der Waals surface area (Å²) in [4.78, 5) is 9.14. The molecular weight excluding hydrogens is 699 g/mol. The Balaban J connectivity index is 0.000000281. The van der Waals surface area contributed by atoms with Crippen LogP contribution < -0.4 is 0 Å². The Labute approximate surface area is 302 Å². The van der Waals surface area contributed by atoms with Crippen molar-refractivity contribution in [2.75, 3.05) is 0 Å². The number of halogens is 2. The monoisotopic (exact) mass is 732 g/mol.